The molecular weight excluding hydrogens is 971 g/mol. The van der Waals surface area contributed by atoms with Crippen LogP contribution in [-0.4, -0.2) is 157 Å². The molecule has 4 aliphatic rings. The number of rotatable bonds is 13. The second-order valence-corrected chi connectivity index (χ2v) is 21.5. The molecule has 18 nitrogen and oxygen atoms in total. The van der Waals surface area contributed by atoms with Gasteiger partial charge in [-0.05, 0) is 107 Å². The monoisotopic (exact) mass is 1060 g/mol. The molecule has 4 rings (SSSR count). The first kappa shape index (κ1) is 63.1. The number of carboxylic acids is 1. The molecule has 2 bridgehead atoms. The van der Waals surface area contributed by atoms with Crippen molar-refractivity contribution in [3.63, 3.8) is 0 Å². The Labute approximate surface area is 443 Å². The molecule has 1 aliphatic carbocycles. The molecule has 0 aromatic carbocycles. The fraction of sp³-hybridized carbons (Fsp3) is 0.737. The zero-order valence-corrected chi connectivity index (χ0v) is 46.1. The molecule has 15 atom stereocenters. The summed E-state index contributed by atoms with van der Waals surface area (Å²) in [5.41, 5.74) is 1.15. The average molecular weight is 1060 g/mol. The quantitative estimate of drug-likeness (QED) is 0.0997. The van der Waals surface area contributed by atoms with Gasteiger partial charge in [0.05, 0.1) is 50.5 Å². The highest BCUT2D eigenvalue weighted by Gasteiger charge is 2.53. The number of aliphatic carboxylic acids is 1. The Morgan fingerprint density at radius 3 is 2.24 bits per heavy atom. The minimum absolute atomic E-state index is 0.0433. The van der Waals surface area contributed by atoms with Crippen molar-refractivity contribution in [1.82, 2.24) is 4.90 Å². The van der Waals surface area contributed by atoms with Gasteiger partial charge in [0.1, 0.15) is 17.9 Å². The number of allylic oxidation sites excluding steroid dienone is 6. The molecule has 0 spiro atoms. The number of fused-ring (bicyclic) bond motifs is 3. The van der Waals surface area contributed by atoms with E-state index in [2.05, 4.69) is 0 Å². The summed E-state index contributed by atoms with van der Waals surface area (Å²) in [6.45, 7) is 12.5. The van der Waals surface area contributed by atoms with Crippen LogP contribution in [0.1, 0.15) is 138 Å². The number of nitrogens with zero attached hydrogens (tertiary/aromatic N) is 1. The molecule has 3 N–H and O–H groups in total. The van der Waals surface area contributed by atoms with E-state index in [-0.39, 0.29) is 74.6 Å². The minimum atomic E-state index is -2.47. The number of carboxylic acid groups (broad SMARTS) is 1. The number of aliphatic hydroxyl groups is 2. The van der Waals surface area contributed by atoms with E-state index < -0.39 is 108 Å². The van der Waals surface area contributed by atoms with Gasteiger partial charge in [0.15, 0.2) is 18.0 Å². The van der Waals surface area contributed by atoms with Crippen molar-refractivity contribution in [1.29, 1.82) is 0 Å². The predicted octanol–water partition coefficient (Wildman–Crippen LogP) is 6.61. The average Bonchev–Trinajstić information content (AvgIpc) is 3.38. The van der Waals surface area contributed by atoms with Gasteiger partial charge in [0, 0.05) is 58.5 Å². The fourth-order valence-electron chi connectivity index (χ4n) is 11.0. The number of amides is 1. The number of hydrogen-bond acceptors (Lipinski definition) is 16. The number of hydrogen-bond donors (Lipinski definition) is 3. The Balaban J connectivity index is 1.77. The second kappa shape index (κ2) is 30.5. The molecular formula is C57H87NO17. The Morgan fingerprint density at radius 1 is 0.840 bits per heavy atom. The molecule has 18 heteroatoms. The maximum Gasteiger partial charge on any atom is 0.329 e. The summed E-state index contributed by atoms with van der Waals surface area (Å²) < 4.78 is 41.6. The third-order valence-electron chi connectivity index (χ3n) is 15.6. The topological polar surface area (TPSA) is 248 Å². The van der Waals surface area contributed by atoms with Crippen LogP contribution < -0.4 is 0 Å². The van der Waals surface area contributed by atoms with Gasteiger partial charge in [-0.25, -0.2) is 4.79 Å². The van der Waals surface area contributed by atoms with Gasteiger partial charge in [-0.1, -0.05) is 71.1 Å². The lowest BCUT2D eigenvalue weighted by molar-refractivity contribution is -0.265. The zero-order chi connectivity index (χ0) is 55.6. The number of ether oxygens (including phenoxy) is 7. The summed E-state index contributed by atoms with van der Waals surface area (Å²) in [6.07, 6.45) is 9.76. The highest BCUT2D eigenvalue weighted by molar-refractivity contribution is 6.39. The molecule has 3 aliphatic heterocycles. The van der Waals surface area contributed by atoms with Crippen LogP contribution >= 0.6 is 0 Å². The maximum atomic E-state index is 14.6. The lowest BCUT2D eigenvalue weighted by Crippen LogP contribution is -2.61. The van der Waals surface area contributed by atoms with Crippen molar-refractivity contribution in [2.24, 2.45) is 35.5 Å². The summed E-state index contributed by atoms with van der Waals surface area (Å²) >= 11 is 0. The van der Waals surface area contributed by atoms with E-state index in [1.54, 1.807) is 48.0 Å². The van der Waals surface area contributed by atoms with Gasteiger partial charge in [-0.2, -0.15) is 0 Å². The van der Waals surface area contributed by atoms with Crippen LogP contribution in [0.25, 0.3) is 0 Å². The first-order chi connectivity index (χ1) is 35.6. The smallest absolute Gasteiger partial charge is 0.329 e. The molecule has 1 amide bonds. The normalized spacial score (nSPS) is 34.2. The highest BCUT2D eigenvalue weighted by Crippen LogP contribution is 2.38. The third kappa shape index (κ3) is 18.1. The van der Waals surface area contributed by atoms with E-state index in [4.69, 9.17) is 33.2 Å². The van der Waals surface area contributed by atoms with Crippen LogP contribution in [0.2, 0.25) is 0 Å². The van der Waals surface area contributed by atoms with E-state index in [9.17, 15) is 48.9 Å². The molecule has 0 radical (unpaired) electrons. The molecule has 2 saturated heterocycles. The van der Waals surface area contributed by atoms with Crippen LogP contribution in [0.3, 0.4) is 0 Å². The van der Waals surface area contributed by atoms with Crippen LogP contribution in [-0.2, 0) is 66.7 Å². The van der Waals surface area contributed by atoms with Gasteiger partial charge in [-0.15, -0.1) is 0 Å². The van der Waals surface area contributed by atoms with Gasteiger partial charge in [0.2, 0.25) is 5.79 Å². The number of methoxy groups -OCH3 is 3. The number of cyclic esters (lactones) is 1. The van der Waals surface area contributed by atoms with E-state index >= 15 is 0 Å². The minimum Gasteiger partial charge on any atom is -0.481 e. The Bertz CT molecular complexity index is 2060. The number of carbonyl (C=O) groups excluding carboxylic acids is 6. The second-order valence-electron chi connectivity index (χ2n) is 21.5. The number of esters is 2. The maximum absolute atomic E-state index is 14.6. The summed E-state index contributed by atoms with van der Waals surface area (Å²) in [7, 11) is 4.48. The molecule has 0 unspecified atom stereocenters. The SMILES string of the molecule is CO[C@H]1C[C@@H]2CC[C@@H](C)[C@@](O)(O2)C(=O)C(=O)N2CCCC[C@H]2C(=O)O[C@H]([C@H](C)C[C@@H]2CC[C@@H](OCCO)[C@H](OC)C2)CC(=O)[C@H](C)C=C(C)[C@@H](OC(=O)CCC(=O)O)[C@@H](OC)C(=O)[C@H](C)C[C@H](C)C=CC=CC=C1C. The Hall–Kier alpha value is -4.43. The number of ketones is 3. The zero-order valence-electron chi connectivity index (χ0n) is 46.1. The number of Topliss-reactive ketones (excluding diaryl/α,β-unsaturated/α-hetero) is 3. The molecule has 0 aromatic heterocycles. The third-order valence-corrected chi connectivity index (χ3v) is 15.6. The molecule has 3 fully saturated rings. The predicted molar refractivity (Wildman–Crippen MR) is 277 cm³/mol. The number of aliphatic hydroxyl groups excluding tert-OH is 1. The highest BCUT2D eigenvalue weighted by atomic mass is 16.6. The van der Waals surface area contributed by atoms with Gasteiger partial charge in [-0.3, -0.25) is 28.8 Å². The molecule has 3 heterocycles. The van der Waals surface area contributed by atoms with Crippen molar-refractivity contribution in [3.05, 3.63) is 47.6 Å². The van der Waals surface area contributed by atoms with Crippen LogP contribution in [0.5, 0.6) is 0 Å². The van der Waals surface area contributed by atoms with Crippen molar-refractivity contribution < 1.29 is 82.0 Å². The summed E-state index contributed by atoms with van der Waals surface area (Å²) in [5, 5.41) is 30.7. The van der Waals surface area contributed by atoms with E-state index in [0.29, 0.717) is 56.9 Å². The van der Waals surface area contributed by atoms with Crippen molar-refractivity contribution >= 4 is 41.2 Å². The first-order valence-electron chi connectivity index (χ1n) is 27.0. The fourth-order valence-corrected chi connectivity index (χ4v) is 11.0. The summed E-state index contributed by atoms with van der Waals surface area (Å²) in [6, 6.07) is -1.20. The van der Waals surface area contributed by atoms with E-state index in [0.717, 1.165) is 16.9 Å². The van der Waals surface area contributed by atoms with Crippen LogP contribution in [0.15, 0.2) is 47.6 Å². The largest absolute Gasteiger partial charge is 0.481 e. The molecule has 422 valence electrons. The molecule has 1 saturated carbocycles. The standard InChI is InChI=1S/C57H87NO17/c1-34-16-12-11-13-17-35(2)46(69-8)32-42-21-19-40(7)57(68,75-42)54(65)55(66)58-25-15-14-18-43(58)56(67)73-47(37(4)30-41-20-22-45(72-27-26-59)48(31-41)70-9)33-44(60)36(3)29-39(6)52(74-50(63)24-23-49(61)62)53(71-10)51(64)38(5)28-34/h11-13,16-17,29,34,36-38,40-43,45-48,52-53,59,68H,14-15,18-28,30-33H2,1-10H3,(H,61,62)/t34-,36-,37-,38-,40-,41+,42+,43+,45-,46+,47+,48-,52-,53+,57-/m1/s1. The van der Waals surface area contributed by atoms with E-state index in [1.165, 1.54) is 7.11 Å². The van der Waals surface area contributed by atoms with Crippen LogP contribution in [0.4, 0.5) is 0 Å². The van der Waals surface area contributed by atoms with Crippen molar-refractivity contribution in [2.75, 3.05) is 41.1 Å². The van der Waals surface area contributed by atoms with Gasteiger partial charge in [0.25, 0.3) is 11.7 Å². The molecule has 0 aromatic rings. The number of carbonyl (C=O) groups is 7. The number of piperidine rings is 1. The Morgan fingerprint density at radius 2 is 1.57 bits per heavy atom. The lowest BCUT2D eigenvalue weighted by Gasteiger charge is -2.42. The lowest BCUT2D eigenvalue weighted by atomic mass is 9.78. The summed E-state index contributed by atoms with van der Waals surface area (Å²) in [5.74, 6) is -10.9. The van der Waals surface area contributed by atoms with Crippen LogP contribution in [0, 0.1) is 35.5 Å². The van der Waals surface area contributed by atoms with Crippen molar-refractivity contribution in [3.8, 4) is 0 Å². The summed E-state index contributed by atoms with van der Waals surface area (Å²) in [4.78, 5) is 97.8. The van der Waals surface area contributed by atoms with Gasteiger partial charge < -0.3 is 53.4 Å². The molecule has 75 heavy (non-hydrogen) atoms. The van der Waals surface area contributed by atoms with E-state index in [1.807, 2.05) is 51.2 Å². The van der Waals surface area contributed by atoms with Gasteiger partial charge >= 0.3 is 17.9 Å². The van der Waals surface area contributed by atoms with Crippen molar-refractivity contribution in [2.45, 2.75) is 193 Å². The Kier molecular flexibility index (Phi) is 25.7. The first-order valence-corrected chi connectivity index (χ1v) is 27.0.